The molecule has 1 nitrogen and oxygen atoms in total. The van der Waals surface area contributed by atoms with E-state index in [0.29, 0.717) is 5.92 Å². The molecule has 0 fully saturated rings. The van der Waals surface area contributed by atoms with Crippen molar-refractivity contribution in [2.75, 3.05) is 0 Å². The molecule has 1 aliphatic rings. The van der Waals surface area contributed by atoms with Gasteiger partial charge in [-0.3, -0.25) is 0 Å². The van der Waals surface area contributed by atoms with Gasteiger partial charge in [0.2, 0.25) is 0 Å². The molecule has 88 valence electrons. The van der Waals surface area contributed by atoms with Crippen molar-refractivity contribution in [2.45, 2.75) is 25.9 Å². The van der Waals surface area contributed by atoms with Crippen LogP contribution in [-0.2, 0) is 12.8 Å². The van der Waals surface area contributed by atoms with Crippen LogP contribution >= 0.6 is 11.3 Å². The van der Waals surface area contributed by atoms with E-state index in [9.17, 15) is 5.11 Å². The van der Waals surface area contributed by atoms with Crippen molar-refractivity contribution in [2.24, 2.45) is 5.92 Å². The predicted octanol–water partition coefficient (Wildman–Crippen LogP) is 3.50. The normalized spacial score (nSPS) is 17.1. The molecule has 0 saturated heterocycles. The predicted molar refractivity (Wildman–Crippen MR) is 71.4 cm³/mol. The van der Waals surface area contributed by atoms with Gasteiger partial charge in [-0.05, 0) is 48.9 Å². The van der Waals surface area contributed by atoms with E-state index in [1.807, 2.05) is 0 Å². The zero-order valence-corrected chi connectivity index (χ0v) is 10.7. The van der Waals surface area contributed by atoms with Gasteiger partial charge in [0, 0.05) is 9.75 Å². The third kappa shape index (κ3) is 2.03. The maximum atomic E-state index is 10.4. The van der Waals surface area contributed by atoms with Crippen LogP contribution in [0.5, 0.6) is 0 Å². The van der Waals surface area contributed by atoms with Gasteiger partial charge in [0.15, 0.2) is 0 Å². The van der Waals surface area contributed by atoms with Crippen LogP contribution in [0, 0.1) is 12.8 Å². The Labute approximate surface area is 106 Å². The summed E-state index contributed by atoms with van der Waals surface area (Å²) < 4.78 is 0. The minimum Gasteiger partial charge on any atom is -0.387 e. The molecule has 0 bridgehead atoms. The van der Waals surface area contributed by atoms with E-state index in [-0.39, 0.29) is 6.10 Å². The van der Waals surface area contributed by atoms with Crippen LogP contribution in [0.2, 0.25) is 0 Å². The van der Waals surface area contributed by atoms with Crippen LogP contribution in [0.4, 0.5) is 0 Å². The third-order valence-corrected chi connectivity index (χ3v) is 4.65. The molecular weight excluding hydrogens is 228 g/mol. The Balaban J connectivity index is 1.80. The highest BCUT2D eigenvalue weighted by Gasteiger charge is 2.28. The van der Waals surface area contributed by atoms with Crippen LogP contribution in [0.1, 0.15) is 27.0 Å². The summed E-state index contributed by atoms with van der Waals surface area (Å²) in [6, 6.07) is 12.7. The van der Waals surface area contributed by atoms with E-state index >= 15 is 0 Å². The minimum atomic E-state index is -0.305. The van der Waals surface area contributed by atoms with Crippen molar-refractivity contribution in [1.29, 1.82) is 0 Å². The average Bonchev–Trinajstić information content (AvgIpc) is 2.93. The number of hydrogen-bond donors (Lipinski definition) is 1. The van der Waals surface area contributed by atoms with Crippen molar-refractivity contribution in [3.05, 3.63) is 57.3 Å². The quantitative estimate of drug-likeness (QED) is 0.857. The molecule has 1 N–H and O–H groups in total. The maximum absolute atomic E-state index is 10.4. The zero-order chi connectivity index (χ0) is 11.8. The van der Waals surface area contributed by atoms with Gasteiger partial charge in [-0.25, -0.2) is 0 Å². The first-order chi connectivity index (χ1) is 8.24. The highest BCUT2D eigenvalue weighted by molar-refractivity contribution is 7.12. The summed E-state index contributed by atoms with van der Waals surface area (Å²) in [5, 5.41) is 10.4. The Bertz CT molecular complexity index is 504. The second-order valence-corrected chi connectivity index (χ2v) is 6.15. The SMILES string of the molecule is Cc1ccc(C(O)C2Cc3ccccc3C2)s1. The lowest BCUT2D eigenvalue weighted by Gasteiger charge is -2.15. The summed E-state index contributed by atoms with van der Waals surface area (Å²) in [5.74, 6) is 0.352. The highest BCUT2D eigenvalue weighted by atomic mass is 32.1. The first-order valence-electron chi connectivity index (χ1n) is 6.05. The summed E-state index contributed by atoms with van der Waals surface area (Å²) in [5.41, 5.74) is 2.81. The number of aliphatic hydroxyl groups is 1. The second kappa shape index (κ2) is 4.28. The molecule has 0 radical (unpaired) electrons. The van der Waals surface area contributed by atoms with Crippen LogP contribution in [0.15, 0.2) is 36.4 Å². The van der Waals surface area contributed by atoms with Gasteiger partial charge in [0.05, 0.1) is 6.10 Å². The fourth-order valence-corrected chi connectivity index (χ4v) is 3.62. The molecule has 2 heteroatoms. The number of fused-ring (bicyclic) bond motifs is 1. The van der Waals surface area contributed by atoms with Gasteiger partial charge in [0.1, 0.15) is 0 Å². The van der Waals surface area contributed by atoms with E-state index in [1.54, 1.807) is 11.3 Å². The molecule has 1 atom stereocenters. The van der Waals surface area contributed by atoms with Crippen molar-refractivity contribution in [1.82, 2.24) is 0 Å². The molecule has 0 aliphatic heterocycles. The van der Waals surface area contributed by atoms with Gasteiger partial charge >= 0.3 is 0 Å². The number of thiophene rings is 1. The molecule has 1 aromatic carbocycles. The fourth-order valence-electron chi connectivity index (χ4n) is 2.66. The topological polar surface area (TPSA) is 20.2 Å². The average molecular weight is 244 g/mol. The summed E-state index contributed by atoms with van der Waals surface area (Å²) in [6.45, 7) is 2.09. The molecule has 0 spiro atoms. The maximum Gasteiger partial charge on any atom is 0.0916 e. The van der Waals surface area contributed by atoms with Crippen LogP contribution < -0.4 is 0 Å². The van der Waals surface area contributed by atoms with Crippen molar-refractivity contribution >= 4 is 11.3 Å². The lowest BCUT2D eigenvalue weighted by atomic mass is 9.98. The molecule has 0 amide bonds. The van der Waals surface area contributed by atoms with Gasteiger partial charge in [-0.1, -0.05) is 24.3 Å². The Morgan fingerprint density at radius 1 is 1.12 bits per heavy atom. The Hall–Kier alpha value is -1.12. The second-order valence-electron chi connectivity index (χ2n) is 4.83. The fraction of sp³-hybridized carbons (Fsp3) is 0.333. The van der Waals surface area contributed by atoms with Crippen LogP contribution in [-0.4, -0.2) is 5.11 Å². The van der Waals surface area contributed by atoms with Gasteiger partial charge < -0.3 is 5.11 Å². The molecule has 3 rings (SSSR count). The van der Waals surface area contributed by atoms with Crippen molar-refractivity contribution in [3.8, 4) is 0 Å². The Morgan fingerprint density at radius 3 is 2.29 bits per heavy atom. The third-order valence-electron chi connectivity index (χ3n) is 3.58. The summed E-state index contributed by atoms with van der Waals surface area (Å²) >= 11 is 1.71. The minimum absolute atomic E-state index is 0.305. The Kier molecular flexibility index (Phi) is 2.77. The Morgan fingerprint density at radius 2 is 1.76 bits per heavy atom. The summed E-state index contributed by atoms with van der Waals surface area (Å²) in [4.78, 5) is 2.38. The number of aryl methyl sites for hydroxylation is 1. The van der Waals surface area contributed by atoms with Crippen LogP contribution in [0.25, 0.3) is 0 Å². The number of hydrogen-bond acceptors (Lipinski definition) is 2. The molecule has 1 aliphatic carbocycles. The molecule has 17 heavy (non-hydrogen) atoms. The first-order valence-corrected chi connectivity index (χ1v) is 6.87. The zero-order valence-electron chi connectivity index (χ0n) is 9.89. The monoisotopic (exact) mass is 244 g/mol. The number of aliphatic hydroxyl groups excluding tert-OH is 1. The largest absolute Gasteiger partial charge is 0.387 e. The van der Waals surface area contributed by atoms with Crippen molar-refractivity contribution < 1.29 is 5.11 Å². The first kappa shape index (κ1) is 11.0. The molecule has 0 saturated carbocycles. The number of benzene rings is 1. The van der Waals surface area contributed by atoms with Gasteiger partial charge in [0.25, 0.3) is 0 Å². The highest BCUT2D eigenvalue weighted by Crippen LogP contribution is 2.37. The van der Waals surface area contributed by atoms with E-state index in [1.165, 1.54) is 16.0 Å². The van der Waals surface area contributed by atoms with Gasteiger partial charge in [-0.15, -0.1) is 11.3 Å². The van der Waals surface area contributed by atoms with E-state index in [2.05, 4.69) is 43.3 Å². The van der Waals surface area contributed by atoms with Gasteiger partial charge in [-0.2, -0.15) is 0 Å². The number of rotatable bonds is 2. The van der Waals surface area contributed by atoms with E-state index in [4.69, 9.17) is 0 Å². The summed E-state index contributed by atoms with van der Waals surface area (Å²) in [6.07, 6.45) is 1.71. The smallest absolute Gasteiger partial charge is 0.0916 e. The van der Waals surface area contributed by atoms with Crippen LogP contribution in [0.3, 0.4) is 0 Å². The molecule has 1 unspecified atom stereocenters. The molecule has 1 heterocycles. The lowest BCUT2D eigenvalue weighted by Crippen LogP contribution is -2.11. The van der Waals surface area contributed by atoms with E-state index < -0.39 is 0 Å². The lowest BCUT2D eigenvalue weighted by molar-refractivity contribution is 0.117. The molecule has 2 aromatic rings. The standard InChI is InChI=1S/C15H16OS/c1-10-6-7-14(17-10)15(16)13-8-11-4-2-3-5-12(11)9-13/h2-7,13,15-16H,8-9H2,1H3. The summed E-state index contributed by atoms with van der Waals surface area (Å²) in [7, 11) is 0. The van der Waals surface area contributed by atoms with Crippen molar-refractivity contribution in [3.63, 3.8) is 0 Å². The van der Waals surface area contributed by atoms with E-state index in [0.717, 1.165) is 17.7 Å². The molecular formula is C15H16OS. The molecule has 1 aromatic heterocycles.